The molecule has 3 aromatic rings. The van der Waals surface area contributed by atoms with Gasteiger partial charge in [0.05, 0.1) is 5.69 Å². The van der Waals surface area contributed by atoms with Gasteiger partial charge in [0.1, 0.15) is 0 Å². The maximum Gasteiger partial charge on any atom is 0.257 e. The third-order valence-electron chi connectivity index (χ3n) is 3.41. The number of nitrogens with zero attached hydrogens (tertiary/aromatic N) is 1. The van der Waals surface area contributed by atoms with Crippen LogP contribution in [0.25, 0.3) is 11.3 Å². The zero-order valence-corrected chi connectivity index (χ0v) is 15.2. The molecular weight excluding hydrogens is 372 g/mol. The minimum absolute atomic E-state index is 0.134. The summed E-state index contributed by atoms with van der Waals surface area (Å²) in [6.45, 7) is 3.98. The molecule has 0 spiro atoms. The van der Waals surface area contributed by atoms with Crippen molar-refractivity contribution >= 4 is 38.3 Å². The fourth-order valence-corrected chi connectivity index (χ4v) is 3.38. The normalized spacial score (nSPS) is 10.6. The van der Waals surface area contributed by atoms with Crippen LogP contribution < -0.4 is 5.32 Å². The Morgan fingerprint density at radius 2 is 1.87 bits per heavy atom. The van der Waals surface area contributed by atoms with Crippen LogP contribution in [0.2, 0.25) is 0 Å². The Hall–Kier alpha value is -1.98. The van der Waals surface area contributed by atoms with E-state index >= 15 is 0 Å². The van der Waals surface area contributed by atoms with Gasteiger partial charge in [0, 0.05) is 20.5 Å². The quantitative estimate of drug-likeness (QED) is 0.650. The van der Waals surface area contributed by atoms with Crippen LogP contribution >= 0.6 is 27.3 Å². The monoisotopic (exact) mass is 386 g/mol. The van der Waals surface area contributed by atoms with Gasteiger partial charge in [-0.1, -0.05) is 45.8 Å². The number of thiazole rings is 1. The van der Waals surface area contributed by atoms with Gasteiger partial charge >= 0.3 is 0 Å². The average Bonchev–Trinajstić information content (AvgIpc) is 2.88. The first kappa shape index (κ1) is 15.9. The molecule has 0 radical (unpaired) electrons. The number of anilines is 1. The molecule has 0 atom stereocenters. The highest BCUT2D eigenvalue weighted by Gasteiger charge is 2.13. The third kappa shape index (κ3) is 3.68. The summed E-state index contributed by atoms with van der Waals surface area (Å²) in [5, 5.41) is 3.50. The van der Waals surface area contributed by atoms with E-state index in [4.69, 9.17) is 0 Å². The Morgan fingerprint density at radius 3 is 2.57 bits per heavy atom. The van der Waals surface area contributed by atoms with Crippen LogP contribution in [0.4, 0.5) is 5.13 Å². The van der Waals surface area contributed by atoms with Crippen molar-refractivity contribution in [3.05, 3.63) is 69.0 Å². The number of hydrogen-bond acceptors (Lipinski definition) is 3. The Kier molecular flexibility index (Phi) is 4.59. The predicted molar refractivity (Wildman–Crippen MR) is 99.1 cm³/mol. The Morgan fingerprint density at radius 1 is 1.13 bits per heavy atom. The Balaban J connectivity index is 1.83. The number of aromatic nitrogens is 1. The molecule has 0 aliphatic rings. The first-order chi connectivity index (χ1) is 11.0. The van der Waals surface area contributed by atoms with Crippen molar-refractivity contribution in [1.82, 2.24) is 4.98 Å². The smallest absolute Gasteiger partial charge is 0.257 e. The number of carbonyl (C=O) groups is 1. The van der Waals surface area contributed by atoms with Gasteiger partial charge in [-0.2, -0.15) is 0 Å². The van der Waals surface area contributed by atoms with Gasteiger partial charge in [-0.3, -0.25) is 10.1 Å². The van der Waals surface area contributed by atoms with Crippen molar-refractivity contribution in [2.75, 3.05) is 5.32 Å². The summed E-state index contributed by atoms with van der Waals surface area (Å²) in [5.74, 6) is -0.134. The Labute approximate surface area is 147 Å². The number of aryl methyl sites for hydroxylation is 2. The summed E-state index contributed by atoms with van der Waals surface area (Å²) in [6, 6.07) is 15.5. The zero-order valence-electron chi connectivity index (χ0n) is 12.8. The van der Waals surface area contributed by atoms with Gasteiger partial charge in [-0.15, -0.1) is 11.3 Å². The van der Waals surface area contributed by atoms with Gasteiger partial charge in [0.15, 0.2) is 5.13 Å². The molecule has 1 heterocycles. The zero-order chi connectivity index (χ0) is 16.4. The number of nitrogens with one attached hydrogen (secondary N) is 1. The van der Waals surface area contributed by atoms with Crippen LogP contribution in [0.15, 0.2) is 53.0 Å². The summed E-state index contributed by atoms with van der Waals surface area (Å²) in [5.41, 5.74) is 3.65. The lowest BCUT2D eigenvalue weighted by Crippen LogP contribution is -2.11. The number of halogens is 1. The van der Waals surface area contributed by atoms with Gasteiger partial charge in [-0.05, 0) is 38.1 Å². The van der Waals surface area contributed by atoms with Crippen LogP contribution in [0.3, 0.4) is 0 Å². The molecule has 0 aliphatic heterocycles. The van der Waals surface area contributed by atoms with Crippen molar-refractivity contribution in [1.29, 1.82) is 0 Å². The number of amides is 1. The van der Waals surface area contributed by atoms with Crippen molar-refractivity contribution in [2.24, 2.45) is 0 Å². The molecule has 3 rings (SSSR count). The highest BCUT2D eigenvalue weighted by Crippen LogP contribution is 2.31. The summed E-state index contributed by atoms with van der Waals surface area (Å²) in [6.07, 6.45) is 0. The number of hydrogen-bond donors (Lipinski definition) is 1. The molecular formula is C18H15BrN2OS. The van der Waals surface area contributed by atoms with Crippen molar-refractivity contribution in [3.8, 4) is 11.3 Å². The minimum atomic E-state index is -0.134. The van der Waals surface area contributed by atoms with E-state index in [2.05, 4.69) is 26.2 Å². The van der Waals surface area contributed by atoms with Crippen LogP contribution in [0.5, 0.6) is 0 Å². The van der Waals surface area contributed by atoms with E-state index in [0.717, 1.165) is 26.2 Å². The van der Waals surface area contributed by atoms with Crippen LogP contribution in [0.1, 0.15) is 20.8 Å². The Bertz CT molecular complexity index is 856. The molecule has 23 heavy (non-hydrogen) atoms. The average molecular weight is 387 g/mol. The molecule has 0 unspecified atom stereocenters. The van der Waals surface area contributed by atoms with Gasteiger partial charge in [0.2, 0.25) is 0 Å². The lowest BCUT2D eigenvalue weighted by molar-refractivity contribution is 0.102. The molecule has 0 aliphatic carbocycles. The largest absolute Gasteiger partial charge is 0.298 e. The molecule has 5 heteroatoms. The van der Waals surface area contributed by atoms with Crippen LogP contribution in [-0.4, -0.2) is 10.9 Å². The van der Waals surface area contributed by atoms with E-state index in [-0.39, 0.29) is 5.91 Å². The second kappa shape index (κ2) is 6.64. The van der Waals surface area contributed by atoms with E-state index in [9.17, 15) is 4.79 Å². The number of carbonyl (C=O) groups excluding carboxylic acids is 1. The highest BCUT2D eigenvalue weighted by atomic mass is 79.9. The van der Waals surface area contributed by atoms with Gasteiger partial charge in [0.25, 0.3) is 5.91 Å². The predicted octanol–water partition coefficient (Wildman–Crippen LogP) is 5.44. The molecule has 0 bridgehead atoms. The second-order valence-electron chi connectivity index (χ2n) is 5.25. The third-order valence-corrected chi connectivity index (χ3v) is 4.83. The van der Waals surface area contributed by atoms with Gasteiger partial charge in [-0.25, -0.2) is 4.98 Å². The lowest BCUT2D eigenvalue weighted by atomic mass is 10.1. The highest BCUT2D eigenvalue weighted by molar-refractivity contribution is 9.10. The molecule has 1 aromatic heterocycles. The first-order valence-electron chi connectivity index (χ1n) is 7.14. The molecule has 0 saturated carbocycles. The van der Waals surface area contributed by atoms with Crippen molar-refractivity contribution < 1.29 is 4.79 Å². The van der Waals surface area contributed by atoms with E-state index in [1.165, 1.54) is 11.3 Å². The van der Waals surface area contributed by atoms with E-state index in [1.807, 2.05) is 56.3 Å². The lowest BCUT2D eigenvalue weighted by Gasteiger charge is -2.02. The van der Waals surface area contributed by atoms with Crippen molar-refractivity contribution in [2.45, 2.75) is 13.8 Å². The molecule has 2 aromatic carbocycles. The molecule has 0 fully saturated rings. The summed E-state index contributed by atoms with van der Waals surface area (Å²) in [4.78, 5) is 18.0. The van der Waals surface area contributed by atoms with E-state index < -0.39 is 0 Å². The first-order valence-corrected chi connectivity index (χ1v) is 8.75. The minimum Gasteiger partial charge on any atom is -0.298 e. The molecule has 1 N–H and O–H groups in total. The van der Waals surface area contributed by atoms with E-state index in [0.29, 0.717) is 10.7 Å². The fraction of sp³-hybridized carbons (Fsp3) is 0.111. The maximum absolute atomic E-state index is 12.3. The summed E-state index contributed by atoms with van der Waals surface area (Å²) >= 11 is 4.92. The van der Waals surface area contributed by atoms with Crippen LogP contribution in [-0.2, 0) is 0 Å². The topological polar surface area (TPSA) is 42.0 Å². The number of benzene rings is 2. The fourth-order valence-electron chi connectivity index (χ4n) is 2.28. The second-order valence-corrected chi connectivity index (χ2v) is 7.37. The standard InChI is InChI=1S/C18H15BrN2OS/c1-11-4-3-5-14(10-11)17(22)21-18-20-16(12(2)23-18)13-6-8-15(19)9-7-13/h3-10H,1-2H3,(H,20,21,22). The van der Waals surface area contributed by atoms with E-state index in [1.54, 1.807) is 6.07 Å². The van der Waals surface area contributed by atoms with Crippen LogP contribution in [0, 0.1) is 13.8 Å². The maximum atomic E-state index is 12.3. The van der Waals surface area contributed by atoms with Gasteiger partial charge < -0.3 is 0 Å². The SMILES string of the molecule is Cc1cccc(C(=O)Nc2nc(-c3ccc(Br)cc3)c(C)s2)c1. The molecule has 0 saturated heterocycles. The summed E-state index contributed by atoms with van der Waals surface area (Å²) in [7, 11) is 0. The van der Waals surface area contributed by atoms with Crippen molar-refractivity contribution in [3.63, 3.8) is 0 Å². The molecule has 3 nitrogen and oxygen atoms in total. The number of rotatable bonds is 3. The summed E-state index contributed by atoms with van der Waals surface area (Å²) < 4.78 is 1.03. The molecule has 116 valence electrons. The molecule has 1 amide bonds.